The van der Waals surface area contributed by atoms with Gasteiger partial charge in [0.05, 0.1) is 0 Å². The van der Waals surface area contributed by atoms with Crippen molar-refractivity contribution in [1.82, 2.24) is 0 Å². The molecule has 0 unspecified atom stereocenters. The number of carbonyl (C=O) groups excluding carboxylic acids is 3. The maximum atomic E-state index is 13.5. The van der Waals surface area contributed by atoms with E-state index < -0.39 is 11.0 Å². The molecular formula is C23H34O5. The highest BCUT2D eigenvalue weighted by atomic mass is 16.5. The van der Waals surface area contributed by atoms with Gasteiger partial charge in [-0.25, -0.2) is 0 Å². The number of hydrogen-bond acceptors (Lipinski definition) is 5. The molecule has 5 heteroatoms. The summed E-state index contributed by atoms with van der Waals surface area (Å²) in [6, 6.07) is 0. The summed E-state index contributed by atoms with van der Waals surface area (Å²) >= 11 is 0. The molecule has 156 valence electrons. The zero-order valence-electron chi connectivity index (χ0n) is 17.6. The number of Topliss-reactive ketones (excluding diaryl/α,β-unsaturated/α-hetero) is 2. The molecule has 0 saturated heterocycles. The molecule has 4 aliphatic rings. The van der Waals surface area contributed by atoms with E-state index in [4.69, 9.17) is 4.74 Å². The highest BCUT2D eigenvalue weighted by Crippen LogP contribution is 2.67. The maximum absolute atomic E-state index is 13.5. The first kappa shape index (κ1) is 20.1. The average molecular weight is 391 g/mol. The van der Waals surface area contributed by atoms with Gasteiger partial charge in [0.25, 0.3) is 0 Å². The fourth-order valence-electron chi connectivity index (χ4n) is 7.96. The van der Waals surface area contributed by atoms with Gasteiger partial charge >= 0.3 is 5.97 Å². The van der Waals surface area contributed by atoms with Crippen molar-refractivity contribution in [2.24, 2.45) is 34.5 Å². The standard InChI is InChI=1S/C23H34O5/c1-13(24)23(27)10-8-18-17-6-5-15-11-16(28-14(2)25)7-9-21(15,3)20(17)19(26)12-22(18,23)4/h15-18,20,27H,5-12H2,1-4H3/t15-,16+,17+,18-,20-,21-,22+,23-/m0/s1. The molecule has 0 radical (unpaired) electrons. The largest absolute Gasteiger partial charge is 0.463 e. The van der Waals surface area contributed by atoms with Gasteiger partial charge in [-0.3, -0.25) is 14.4 Å². The van der Waals surface area contributed by atoms with Crippen LogP contribution in [0.3, 0.4) is 0 Å². The second-order valence-corrected chi connectivity index (χ2v) is 10.5. The third-order valence-electron chi connectivity index (χ3n) is 9.37. The Kier molecular flexibility index (Phi) is 4.57. The number of ether oxygens (including phenoxy) is 1. The summed E-state index contributed by atoms with van der Waals surface area (Å²) in [7, 11) is 0. The van der Waals surface area contributed by atoms with Crippen LogP contribution < -0.4 is 0 Å². The van der Waals surface area contributed by atoms with Crippen molar-refractivity contribution in [1.29, 1.82) is 0 Å². The topological polar surface area (TPSA) is 80.7 Å². The van der Waals surface area contributed by atoms with Gasteiger partial charge in [-0.05, 0) is 75.0 Å². The third kappa shape index (κ3) is 2.57. The smallest absolute Gasteiger partial charge is 0.302 e. The van der Waals surface area contributed by atoms with Crippen molar-refractivity contribution in [3.63, 3.8) is 0 Å². The van der Waals surface area contributed by atoms with E-state index in [9.17, 15) is 19.5 Å². The van der Waals surface area contributed by atoms with Crippen LogP contribution in [-0.2, 0) is 19.1 Å². The van der Waals surface area contributed by atoms with Gasteiger partial charge in [0.2, 0.25) is 0 Å². The van der Waals surface area contributed by atoms with E-state index in [1.807, 2.05) is 6.92 Å². The molecule has 8 atom stereocenters. The van der Waals surface area contributed by atoms with E-state index in [0.29, 0.717) is 18.8 Å². The fraction of sp³-hybridized carbons (Fsp3) is 0.870. The van der Waals surface area contributed by atoms with Crippen LogP contribution in [0.15, 0.2) is 0 Å². The molecule has 0 amide bonds. The van der Waals surface area contributed by atoms with E-state index in [1.165, 1.54) is 13.8 Å². The molecular weight excluding hydrogens is 356 g/mol. The second-order valence-electron chi connectivity index (χ2n) is 10.5. The Balaban J connectivity index is 1.63. The zero-order valence-corrected chi connectivity index (χ0v) is 17.6. The fourth-order valence-corrected chi connectivity index (χ4v) is 7.96. The molecule has 0 aliphatic heterocycles. The summed E-state index contributed by atoms with van der Waals surface area (Å²) in [6.07, 6.45) is 6.19. The normalized spacial score (nSPS) is 50.3. The predicted octanol–water partition coefficient (Wildman–Crippen LogP) is 3.46. The highest BCUT2D eigenvalue weighted by Gasteiger charge is 2.68. The third-order valence-corrected chi connectivity index (χ3v) is 9.37. The quantitative estimate of drug-likeness (QED) is 0.730. The van der Waals surface area contributed by atoms with Crippen molar-refractivity contribution in [3.05, 3.63) is 0 Å². The molecule has 4 saturated carbocycles. The minimum atomic E-state index is -1.36. The van der Waals surface area contributed by atoms with E-state index in [0.717, 1.165) is 38.5 Å². The van der Waals surface area contributed by atoms with Crippen LogP contribution in [0.4, 0.5) is 0 Å². The van der Waals surface area contributed by atoms with Gasteiger partial charge in [-0.1, -0.05) is 13.8 Å². The molecule has 0 aromatic heterocycles. The van der Waals surface area contributed by atoms with Gasteiger partial charge in [0, 0.05) is 24.7 Å². The number of esters is 1. The summed E-state index contributed by atoms with van der Waals surface area (Å²) in [4.78, 5) is 37.2. The summed E-state index contributed by atoms with van der Waals surface area (Å²) in [5.74, 6) is 0.722. The minimum Gasteiger partial charge on any atom is -0.463 e. The lowest BCUT2D eigenvalue weighted by atomic mass is 9.44. The molecule has 4 fully saturated rings. The van der Waals surface area contributed by atoms with E-state index in [1.54, 1.807) is 0 Å². The molecule has 0 bridgehead atoms. The van der Waals surface area contributed by atoms with Crippen LogP contribution >= 0.6 is 0 Å². The van der Waals surface area contributed by atoms with Gasteiger partial charge in [0.15, 0.2) is 5.78 Å². The first-order valence-electron chi connectivity index (χ1n) is 11.0. The number of aliphatic hydroxyl groups is 1. The predicted molar refractivity (Wildman–Crippen MR) is 103 cm³/mol. The molecule has 0 aromatic carbocycles. The molecule has 4 aliphatic carbocycles. The molecule has 5 nitrogen and oxygen atoms in total. The monoisotopic (exact) mass is 390 g/mol. The van der Waals surface area contributed by atoms with Crippen LogP contribution in [0.25, 0.3) is 0 Å². The lowest BCUT2D eigenvalue weighted by Gasteiger charge is -2.60. The van der Waals surface area contributed by atoms with Crippen LogP contribution in [0.1, 0.15) is 79.1 Å². The van der Waals surface area contributed by atoms with Crippen LogP contribution in [0.2, 0.25) is 0 Å². The number of rotatable bonds is 2. The van der Waals surface area contributed by atoms with Crippen molar-refractivity contribution in [3.8, 4) is 0 Å². The zero-order chi connectivity index (χ0) is 20.5. The first-order chi connectivity index (χ1) is 13.0. The van der Waals surface area contributed by atoms with Crippen LogP contribution in [-0.4, -0.2) is 34.3 Å². The van der Waals surface area contributed by atoms with E-state index in [2.05, 4.69) is 6.92 Å². The van der Waals surface area contributed by atoms with Crippen molar-refractivity contribution in [2.45, 2.75) is 90.8 Å². The lowest BCUT2D eigenvalue weighted by molar-refractivity contribution is -0.181. The number of hydrogen-bond donors (Lipinski definition) is 1. The molecule has 0 heterocycles. The summed E-state index contributed by atoms with van der Waals surface area (Å²) in [5.41, 5.74) is -2.05. The summed E-state index contributed by atoms with van der Waals surface area (Å²) < 4.78 is 5.49. The first-order valence-corrected chi connectivity index (χ1v) is 11.0. The Morgan fingerprint density at radius 3 is 2.43 bits per heavy atom. The highest BCUT2D eigenvalue weighted by molar-refractivity contribution is 5.90. The SMILES string of the molecule is CC(=O)O[C@@H]1CC[C@@]2(C)[C@@H](CC[C@H]3[C@H]2C(=O)C[C@]2(C)[C@H]3CC[C@]2(O)C(C)=O)C1. The Bertz CT molecular complexity index is 716. The van der Waals surface area contributed by atoms with Crippen molar-refractivity contribution in [2.75, 3.05) is 0 Å². The van der Waals surface area contributed by atoms with Gasteiger partial charge in [-0.15, -0.1) is 0 Å². The van der Waals surface area contributed by atoms with E-state index in [-0.39, 0.29) is 46.8 Å². The van der Waals surface area contributed by atoms with E-state index >= 15 is 0 Å². The average Bonchev–Trinajstić information content (AvgIpc) is 2.86. The molecule has 0 aromatic rings. The molecule has 0 spiro atoms. The Morgan fingerprint density at radius 2 is 1.79 bits per heavy atom. The van der Waals surface area contributed by atoms with Crippen molar-refractivity contribution < 1.29 is 24.2 Å². The molecule has 28 heavy (non-hydrogen) atoms. The number of ketones is 2. The Morgan fingerprint density at radius 1 is 1.07 bits per heavy atom. The Labute approximate surface area is 167 Å². The van der Waals surface area contributed by atoms with Crippen LogP contribution in [0, 0.1) is 34.5 Å². The molecule has 4 rings (SSSR count). The number of carbonyl (C=O) groups is 3. The maximum Gasteiger partial charge on any atom is 0.302 e. The van der Waals surface area contributed by atoms with Crippen molar-refractivity contribution >= 4 is 17.5 Å². The van der Waals surface area contributed by atoms with Gasteiger partial charge < -0.3 is 9.84 Å². The summed E-state index contributed by atoms with van der Waals surface area (Å²) in [6.45, 7) is 7.18. The Hall–Kier alpha value is -1.23. The lowest BCUT2D eigenvalue weighted by Crippen LogP contribution is -2.61. The number of fused-ring (bicyclic) bond motifs is 5. The van der Waals surface area contributed by atoms with Crippen LogP contribution in [0.5, 0.6) is 0 Å². The second kappa shape index (κ2) is 6.38. The summed E-state index contributed by atoms with van der Waals surface area (Å²) in [5, 5.41) is 11.2. The van der Waals surface area contributed by atoms with Gasteiger partial charge in [-0.2, -0.15) is 0 Å². The minimum absolute atomic E-state index is 0.0110. The molecule has 1 N–H and O–H groups in total. The van der Waals surface area contributed by atoms with Gasteiger partial charge in [0.1, 0.15) is 17.5 Å².